The molecule has 1 nitrogen and oxygen atoms in total. The van der Waals surface area contributed by atoms with Crippen LogP contribution in [0.2, 0.25) is 0 Å². The molecule has 1 atom stereocenters. The zero-order chi connectivity index (χ0) is 11.2. The van der Waals surface area contributed by atoms with Crippen molar-refractivity contribution in [1.82, 2.24) is 5.32 Å². The molecule has 0 heterocycles. The predicted molar refractivity (Wildman–Crippen MR) is 71.4 cm³/mol. The van der Waals surface area contributed by atoms with Gasteiger partial charge in [-0.05, 0) is 30.5 Å². The van der Waals surface area contributed by atoms with Crippen molar-refractivity contribution >= 4 is 0 Å². The Morgan fingerprint density at radius 1 is 1.25 bits per heavy atom. The number of nitrogens with one attached hydrogen (secondary N) is 1. The van der Waals surface area contributed by atoms with E-state index in [4.69, 9.17) is 0 Å². The molecule has 1 heteroatoms. The van der Waals surface area contributed by atoms with E-state index in [1.165, 1.54) is 24.0 Å². The Bertz CT molecular complexity index is 381. The summed E-state index contributed by atoms with van der Waals surface area (Å²) < 4.78 is 0. The highest BCUT2D eigenvalue weighted by Crippen LogP contribution is 2.25. The maximum absolute atomic E-state index is 3.55. The Labute approximate surface area is 99.4 Å². The SMILES string of the molecule is CCNC(C1=CCCC=C1)c1ccccc1.[HH]. The highest BCUT2D eigenvalue weighted by atomic mass is 14.9. The standard InChI is InChI=1S/C15H19N.H2/c1-2-16-15(13-9-5-3-6-10-13)14-11-7-4-8-12-14;/h3,5-7,9-12,15-16H,2,4,8H2,1H3;1H. The first-order valence-corrected chi connectivity index (χ1v) is 6.06. The van der Waals surface area contributed by atoms with E-state index < -0.39 is 0 Å². The van der Waals surface area contributed by atoms with Crippen LogP contribution in [0.3, 0.4) is 0 Å². The minimum atomic E-state index is 0. The molecule has 0 saturated carbocycles. The molecular formula is C15H21N. The highest BCUT2D eigenvalue weighted by molar-refractivity contribution is 5.35. The molecule has 0 amide bonds. The number of likely N-dealkylation sites (N-methyl/N-ethyl adjacent to an activating group) is 1. The van der Waals surface area contributed by atoms with E-state index in [-0.39, 0.29) is 1.43 Å². The van der Waals surface area contributed by atoms with Crippen molar-refractivity contribution in [3.63, 3.8) is 0 Å². The smallest absolute Gasteiger partial charge is 0.0573 e. The molecule has 0 radical (unpaired) electrons. The molecule has 0 saturated heterocycles. The van der Waals surface area contributed by atoms with Gasteiger partial charge in [0.2, 0.25) is 0 Å². The molecule has 1 aliphatic carbocycles. The van der Waals surface area contributed by atoms with Crippen LogP contribution in [-0.4, -0.2) is 6.54 Å². The summed E-state index contributed by atoms with van der Waals surface area (Å²) in [4.78, 5) is 0. The fourth-order valence-electron chi connectivity index (χ4n) is 2.13. The van der Waals surface area contributed by atoms with Gasteiger partial charge in [0.25, 0.3) is 0 Å². The zero-order valence-corrected chi connectivity index (χ0v) is 9.82. The Hall–Kier alpha value is -1.34. The van der Waals surface area contributed by atoms with Gasteiger partial charge < -0.3 is 5.32 Å². The van der Waals surface area contributed by atoms with Gasteiger partial charge in [-0.25, -0.2) is 0 Å². The van der Waals surface area contributed by atoms with Gasteiger partial charge in [-0.1, -0.05) is 55.5 Å². The van der Waals surface area contributed by atoms with Gasteiger partial charge in [-0.15, -0.1) is 0 Å². The molecule has 1 aromatic carbocycles. The van der Waals surface area contributed by atoms with Gasteiger partial charge in [0.05, 0.1) is 6.04 Å². The number of benzene rings is 1. The average molecular weight is 215 g/mol. The molecule has 0 fully saturated rings. The first-order valence-electron chi connectivity index (χ1n) is 6.06. The molecule has 1 aliphatic rings. The van der Waals surface area contributed by atoms with Crippen molar-refractivity contribution in [3.05, 3.63) is 59.7 Å². The topological polar surface area (TPSA) is 12.0 Å². The van der Waals surface area contributed by atoms with Crippen LogP contribution in [-0.2, 0) is 0 Å². The fraction of sp³-hybridized carbons (Fsp3) is 0.333. The van der Waals surface area contributed by atoms with Gasteiger partial charge in [0.15, 0.2) is 0 Å². The first kappa shape index (κ1) is 11.2. The molecule has 2 rings (SSSR count). The van der Waals surface area contributed by atoms with E-state index in [0.717, 1.165) is 6.54 Å². The predicted octanol–water partition coefficient (Wildman–Crippen LogP) is 3.86. The largest absolute Gasteiger partial charge is 0.307 e. The van der Waals surface area contributed by atoms with Gasteiger partial charge in [-0.2, -0.15) is 0 Å². The van der Waals surface area contributed by atoms with Gasteiger partial charge in [-0.3, -0.25) is 0 Å². The van der Waals surface area contributed by atoms with Crippen molar-refractivity contribution in [2.75, 3.05) is 6.54 Å². The number of rotatable bonds is 4. The van der Waals surface area contributed by atoms with Crippen LogP contribution in [0, 0.1) is 0 Å². The number of hydrogen-bond acceptors (Lipinski definition) is 1. The third kappa shape index (κ3) is 2.61. The summed E-state index contributed by atoms with van der Waals surface area (Å²) in [6.07, 6.45) is 9.21. The minimum Gasteiger partial charge on any atom is -0.307 e. The van der Waals surface area contributed by atoms with E-state index in [1.807, 2.05) is 0 Å². The van der Waals surface area contributed by atoms with Gasteiger partial charge in [0.1, 0.15) is 0 Å². The minimum absolute atomic E-state index is 0. The fourth-order valence-corrected chi connectivity index (χ4v) is 2.13. The van der Waals surface area contributed by atoms with Crippen LogP contribution in [0.5, 0.6) is 0 Å². The molecule has 1 N–H and O–H groups in total. The second-order valence-corrected chi connectivity index (χ2v) is 4.09. The molecule has 0 bridgehead atoms. The summed E-state index contributed by atoms with van der Waals surface area (Å²) >= 11 is 0. The summed E-state index contributed by atoms with van der Waals surface area (Å²) in [6.45, 7) is 3.15. The van der Waals surface area contributed by atoms with E-state index in [9.17, 15) is 0 Å². The molecule has 0 aliphatic heterocycles. The van der Waals surface area contributed by atoms with E-state index in [2.05, 4.69) is 60.8 Å². The van der Waals surface area contributed by atoms with Crippen LogP contribution < -0.4 is 5.32 Å². The second kappa shape index (κ2) is 5.66. The van der Waals surface area contributed by atoms with Crippen molar-refractivity contribution in [3.8, 4) is 0 Å². The van der Waals surface area contributed by atoms with E-state index >= 15 is 0 Å². The lowest BCUT2D eigenvalue weighted by Crippen LogP contribution is -2.22. The summed E-state index contributed by atoms with van der Waals surface area (Å²) in [7, 11) is 0. The van der Waals surface area contributed by atoms with Gasteiger partial charge in [0, 0.05) is 1.43 Å². The second-order valence-electron chi connectivity index (χ2n) is 4.09. The van der Waals surface area contributed by atoms with Crippen LogP contribution in [0.15, 0.2) is 54.1 Å². The quantitative estimate of drug-likeness (QED) is 0.804. The Kier molecular flexibility index (Phi) is 3.95. The van der Waals surface area contributed by atoms with E-state index in [0.29, 0.717) is 6.04 Å². The average Bonchev–Trinajstić information content (AvgIpc) is 2.38. The van der Waals surface area contributed by atoms with Crippen molar-refractivity contribution in [1.29, 1.82) is 0 Å². The van der Waals surface area contributed by atoms with Crippen LogP contribution in [0.25, 0.3) is 0 Å². The molecule has 0 aromatic heterocycles. The Morgan fingerprint density at radius 3 is 2.69 bits per heavy atom. The molecule has 1 unspecified atom stereocenters. The molecule has 86 valence electrons. The zero-order valence-electron chi connectivity index (χ0n) is 9.82. The summed E-state index contributed by atoms with van der Waals surface area (Å²) in [6, 6.07) is 11.0. The third-order valence-corrected chi connectivity index (χ3v) is 2.90. The van der Waals surface area contributed by atoms with Crippen LogP contribution >= 0.6 is 0 Å². The number of allylic oxidation sites excluding steroid dienone is 2. The molecular weight excluding hydrogens is 194 g/mol. The lowest BCUT2D eigenvalue weighted by atomic mass is 9.94. The normalized spacial score (nSPS) is 16.9. The van der Waals surface area contributed by atoms with Crippen molar-refractivity contribution in [2.24, 2.45) is 0 Å². The summed E-state index contributed by atoms with van der Waals surface area (Å²) in [5.41, 5.74) is 2.75. The first-order chi connectivity index (χ1) is 7.92. The Balaban J connectivity index is 0.00000144. The highest BCUT2D eigenvalue weighted by Gasteiger charge is 2.13. The van der Waals surface area contributed by atoms with Crippen LogP contribution in [0.1, 0.15) is 32.8 Å². The summed E-state index contributed by atoms with van der Waals surface area (Å²) in [5.74, 6) is 0. The van der Waals surface area contributed by atoms with Crippen LogP contribution in [0.4, 0.5) is 0 Å². The maximum Gasteiger partial charge on any atom is 0.0573 e. The van der Waals surface area contributed by atoms with E-state index in [1.54, 1.807) is 0 Å². The molecule has 0 spiro atoms. The summed E-state index contributed by atoms with van der Waals surface area (Å²) in [5, 5.41) is 3.55. The third-order valence-electron chi connectivity index (χ3n) is 2.90. The lowest BCUT2D eigenvalue weighted by molar-refractivity contribution is 0.625. The number of hydrogen-bond donors (Lipinski definition) is 1. The lowest BCUT2D eigenvalue weighted by Gasteiger charge is -2.21. The van der Waals surface area contributed by atoms with Gasteiger partial charge >= 0.3 is 0 Å². The van der Waals surface area contributed by atoms with Crippen molar-refractivity contribution < 1.29 is 1.43 Å². The monoisotopic (exact) mass is 215 g/mol. The maximum atomic E-state index is 3.55. The Morgan fingerprint density at radius 2 is 2.06 bits per heavy atom. The van der Waals surface area contributed by atoms with Crippen molar-refractivity contribution in [2.45, 2.75) is 25.8 Å². The molecule has 16 heavy (non-hydrogen) atoms. The molecule has 1 aromatic rings.